The number of anilines is 1. The van der Waals surface area contributed by atoms with Crippen LogP contribution in [0.1, 0.15) is 38.3 Å². The largest absolute Gasteiger partial charge is 0.463 e. The molecule has 0 spiro atoms. The maximum Gasteiger partial charge on any atom is 0.338 e. The Morgan fingerprint density at radius 2 is 2.04 bits per heavy atom. The van der Waals surface area contributed by atoms with Crippen LogP contribution in [0.15, 0.2) is 59.8 Å². The van der Waals surface area contributed by atoms with Crippen molar-refractivity contribution in [2.24, 2.45) is 0 Å². The topological polar surface area (TPSA) is 56.2 Å². The molecule has 0 bridgehead atoms. The Bertz CT molecular complexity index is 1070. The molecule has 0 fully saturated rings. The second-order valence-electron chi connectivity index (χ2n) is 6.74. The van der Waals surface area contributed by atoms with Crippen LogP contribution < -0.4 is 5.32 Å². The molecule has 2 heterocycles. The first kappa shape index (κ1) is 18.2. The fraction of sp³-hybridized carbons (Fsp3) is 0.273. The molecule has 1 aliphatic rings. The lowest BCUT2D eigenvalue weighted by Gasteiger charge is -2.31. The Morgan fingerprint density at radius 3 is 2.79 bits per heavy atom. The van der Waals surface area contributed by atoms with E-state index in [9.17, 15) is 9.18 Å². The Labute approximate surface area is 162 Å². The first-order valence-electron chi connectivity index (χ1n) is 9.53. The molecule has 28 heavy (non-hydrogen) atoms. The zero-order chi connectivity index (χ0) is 19.7. The van der Waals surface area contributed by atoms with Crippen molar-refractivity contribution >= 4 is 23.0 Å². The molecule has 1 N–H and O–H groups in total. The van der Waals surface area contributed by atoms with Crippen LogP contribution in [0.2, 0.25) is 0 Å². The summed E-state index contributed by atoms with van der Waals surface area (Å²) >= 11 is 0. The summed E-state index contributed by atoms with van der Waals surface area (Å²) in [6.07, 6.45) is 1.52. The second-order valence-corrected chi connectivity index (χ2v) is 6.74. The predicted octanol–water partition coefficient (Wildman–Crippen LogP) is 4.81. The quantitative estimate of drug-likeness (QED) is 0.647. The molecule has 1 unspecified atom stereocenters. The third-order valence-corrected chi connectivity index (χ3v) is 4.88. The fourth-order valence-electron chi connectivity index (χ4n) is 3.77. The van der Waals surface area contributed by atoms with Crippen LogP contribution >= 0.6 is 0 Å². The van der Waals surface area contributed by atoms with Gasteiger partial charge in [0.1, 0.15) is 5.82 Å². The molecule has 1 aliphatic heterocycles. The maximum absolute atomic E-state index is 14.1. The van der Waals surface area contributed by atoms with E-state index in [1.54, 1.807) is 13.0 Å². The van der Waals surface area contributed by atoms with Gasteiger partial charge in [0.15, 0.2) is 0 Å². The zero-order valence-electron chi connectivity index (χ0n) is 15.9. The Balaban J connectivity index is 2.00. The highest BCUT2D eigenvalue weighted by Gasteiger charge is 2.35. The van der Waals surface area contributed by atoms with Crippen LogP contribution in [-0.4, -0.2) is 22.1 Å². The van der Waals surface area contributed by atoms with Gasteiger partial charge in [-0.15, -0.1) is 0 Å². The molecule has 5 nitrogen and oxygen atoms in total. The number of benzene rings is 2. The first-order chi connectivity index (χ1) is 13.6. The van der Waals surface area contributed by atoms with E-state index >= 15 is 0 Å². The zero-order valence-corrected chi connectivity index (χ0v) is 15.9. The molecule has 0 amide bonds. The summed E-state index contributed by atoms with van der Waals surface area (Å²) in [4.78, 5) is 17.7. The molecule has 1 aromatic heterocycles. The van der Waals surface area contributed by atoms with E-state index < -0.39 is 12.0 Å². The monoisotopic (exact) mass is 379 g/mol. The molecule has 6 heteroatoms. The molecule has 2 aromatic carbocycles. The van der Waals surface area contributed by atoms with Crippen molar-refractivity contribution in [2.75, 3.05) is 11.9 Å². The SMILES string of the molecule is CCCC1=C(C(=O)OCC)C(c2cccc(F)c2)n2c(nc3ccccc32)N1. The molecule has 4 rings (SSSR count). The van der Waals surface area contributed by atoms with E-state index in [1.807, 2.05) is 41.8 Å². The van der Waals surface area contributed by atoms with E-state index in [2.05, 4.69) is 5.32 Å². The van der Waals surface area contributed by atoms with Crippen LogP contribution in [-0.2, 0) is 9.53 Å². The van der Waals surface area contributed by atoms with E-state index in [0.29, 0.717) is 23.5 Å². The van der Waals surface area contributed by atoms with Gasteiger partial charge in [-0.2, -0.15) is 0 Å². The highest BCUT2D eigenvalue weighted by atomic mass is 19.1. The number of nitrogens with one attached hydrogen (secondary N) is 1. The predicted molar refractivity (Wildman–Crippen MR) is 106 cm³/mol. The Morgan fingerprint density at radius 1 is 1.21 bits per heavy atom. The van der Waals surface area contributed by atoms with E-state index in [4.69, 9.17) is 9.72 Å². The molecule has 0 radical (unpaired) electrons. The molecule has 144 valence electrons. The number of fused-ring (bicyclic) bond motifs is 3. The summed E-state index contributed by atoms with van der Waals surface area (Å²) in [7, 11) is 0. The van der Waals surface area contributed by atoms with Crippen molar-refractivity contribution in [1.82, 2.24) is 9.55 Å². The van der Waals surface area contributed by atoms with Gasteiger partial charge in [-0.3, -0.25) is 4.57 Å². The van der Waals surface area contributed by atoms with Gasteiger partial charge >= 0.3 is 5.97 Å². The van der Waals surface area contributed by atoms with Gasteiger partial charge in [0, 0.05) is 5.70 Å². The minimum Gasteiger partial charge on any atom is -0.463 e. The number of carbonyl (C=O) groups excluding carboxylic acids is 1. The summed E-state index contributed by atoms with van der Waals surface area (Å²) in [5.41, 5.74) is 3.65. The fourth-order valence-corrected chi connectivity index (χ4v) is 3.77. The van der Waals surface area contributed by atoms with Crippen molar-refractivity contribution < 1.29 is 13.9 Å². The number of imidazole rings is 1. The second kappa shape index (κ2) is 7.46. The number of aromatic nitrogens is 2. The van der Waals surface area contributed by atoms with Crippen molar-refractivity contribution in [2.45, 2.75) is 32.7 Å². The van der Waals surface area contributed by atoms with Crippen molar-refractivity contribution in [3.63, 3.8) is 0 Å². The first-order valence-corrected chi connectivity index (χ1v) is 9.53. The maximum atomic E-state index is 14.1. The van der Waals surface area contributed by atoms with Crippen molar-refractivity contribution in [3.8, 4) is 0 Å². The van der Waals surface area contributed by atoms with Crippen LogP contribution in [0.25, 0.3) is 11.0 Å². The number of allylic oxidation sites excluding steroid dienone is 1. The Hall–Kier alpha value is -3.15. The number of hydrogen-bond donors (Lipinski definition) is 1. The number of ether oxygens (including phenoxy) is 1. The molecular formula is C22H22FN3O2. The van der Waals surface area contributed by atoms with E-state index in [1.165, 1.54) is 12.1 Å². The van der Waals surface area contributed by atoms with Crippen molar-refractivity contribution in [1.29, 1.82) is 0 Å². The number of hydrogen-bond acceptors (Lipinski definition) is 4. The minimum atomic E-state index is -0.514. The molecule has 1 atom stereocenters. The summed E-state index contributed by atoms with van der Waals surface area (Å²) in [5, 5.41) is 3.33. The van der Waals surface area contributed by atoms with Gasteiger partial charge in [0.05, 0.1) is 29.3 Å². The third-order valence-electron chi connectivity index (χ3n) is 4.88. The summed E-state index contributed by atoms with van der Waals surface area (Å²) in [6.45, 7) is 4.10. The highest BCUT2D eigenvalue weighted by Crippen LogP contribution is 2.40. The van der Waals surface area contributed by atoms with Gasteiger partial charge in [-0.25, -0.2) is 14.2 Å². The van der Waals surface area contributed by atoms with E-state index in [-0.39, 0.29) is 12.4 Å². The van der Waals surface area contributed by atoms with E-state index in [0.717, 1.165) is 23.2 Å². The van der Waals surface area contributed by atoms with Crippen LogP contribution in [0, 0.1) is 5.82 Å². The van der Waals surface area contributed by atoms with Gasteiger partial charge in [-0.1, -0.05) is 37.6 Å². The molecular weight excluding hydrogens is 357 g/mol. The number of para-hydroxylation sites is 2. The molecule has 0 aliphatic carbocycles. The lowest BCUT2D eigenvalue weighted by molar-refractivity contribution is -0.139. The van der Waals surface area contributed by atoms with Crippen LogP contribution in [0.5, 0.6) is 0 Å². The Kier molecular flexibility index (Phi) is 4.86. The molecule has 3 aromatic rings. The molecule has 0 saturated heterocycles. The van der Waals surface area contributed by atoms with Gasteiger partial charge in [0.25, 0.3) is 0 Å². The lowest BCUT2D eigenvalue weighted by atomic mass is 9.93. The standard InChI is InChI=1S/C22H22FN3O2/c1-3-8-17-19(21(27)28-4-2)20(14-9-7-10-15(23)13-14)26-18-12-6-5-11-16(18)24-22(26)25-17/h5-7,9-13,20H,3-4,8H2,1-2H3,(H,24,25). The highest BCUT2D eigenvalue weighted by molar-refractivity contribution is 5.94. The summed E-state index contributed by atoms with van der Waals surface area (Å²) in [6, 6.07) is 13.6. The number of halogens is 1. The minimum absolute atomic E-state index is 0.273. The number of nitrogens with zero attached hydrogens (tertiary/aromatic N) is 2. The lowest BCUT2D eigenvalue weighted by Crippen LogP contribution is -2.29. The molecule has 0 saturated carbocycles. The van der Waals surface area contributed by atoms with Crippen molar-refractivity contribution in [3.05, 3.63) is 71.2 Å². The third kappa shape index (κ3) is 3.05. The smallest absolute Gasteiger partial charge is 0.338 e. The summed E-state index contributed by atoms with van der Waals surface area (Å²) in [5.74, 6) is -0.0923. The number of esters is 1. The number of rotatable bonds is 5. The number of carbonyl (C=O) groups is 1. The van der Waals surface area contributed by atoms with Gasteiger partial charge in [0.2, 0.25) is 5.95 Å². The average Bonchev–Trinajstić information content (AvgIpc) is 3.05. The van der Waals surface area contributed by atoms with Crippen LogP contribution in [0.4, 0.5) is 10.3 Å². The summed E-state index contributed by atoms with van der Waals surface area (Å²) < 4.78 is 21.4. The average molecular weight is 379 g/mol. The van der Waals surface area contributed by atoms with Crippen LogP contribution in [0.3, 0.4) is 0 Å². The van der Waals surface area contributed by atoms with Gasteiger partial charge < -0.3 is 10.1 Å². The van der Waals surface area contributed by atoms with Gasteiger partial charge in [-0.05, 0) is 43.2 Å². The normalized spacial score (nSPS) is 16.0.